The van der Waals surface area contributed by atoms with Crippen molar-refractivity contribution in [2.24, 2.45) is 0 Å². The van der Waals surface area contributed by atoms with E-state index in [0.717, 1.165) is 32.5 Å². The number of hydrogen-bond acceptors (Lipinski definition) is 4. The predicted octanol–water partition coefficient (Wildman–Crippen LogP) is 2.83. The molecule has 6 nitrogen and oxygen atoms in total. The monoisotopic (exact) mass is 342 g/mol. The summed E-state index contributed by atoms with van der Waals surface area (Å²) in [6, 6.07) is 13.0. The molecule has 0 aliphatic carbocycles. The molecule has 1 N–H and O–H groups in total. The van der Waals surface area contributed by atoms with E-state index in [1.807, 2.05) is 29.9 Å². The molecule has 134 valence electrons. The molecule has 1 aromatic carbocycles. The molecule has 6 heteroatoms. The standard InChI is InChI=1S/C19H26N4O2/c1-2-25-19(24)22-13-9-17(10-14-22)21-18(15-23-12-6-11-20-23)16-7-4-3-5-8-16/h3-8,11-12,17-18,21H,2,9-10,13-15H2,1H3/t18-/m0/s1. The number of hydrogen-bond donors (Lipinski definition) is 1. The van der Waals surface area contributed by atoms with E-state index in [4.69, 9.17) is 4.74 Å². The highest BCUT2D eigenvalue weighted by atomic mass is 16.6. The van der Waals surface area contributed by atoms with Crippen LogP contribution in [0.4, 0.5) is 4.79 Å². The SMILES string of the molecule is CCOC(=O)N1CCC(N[C@@H](Cn2cccn2)c2ccccc2)CC1. The van der Waals surface area contributed by atoms with Crippen molar-refractivity contribution in [3.63, 3.8) is 0 Å². The first-order valence-electron chi connectivity index (χ1n) is 8.96. The second-order valence-corrected chi connectivity index (χ2v) is 6.32. The minimum Gasteiger partial charge on any atom is -0.450 e. The average molecular weight is 342 g/mol. The summed E-state index contributed by atoms with van der Waals surface area (Å²) in [6.07, 6.45) is 5.46. The molecule has 3 rings (SSSR count). The van der Waals surface area contributed by atoms with Crippen molar-refractivity contribution in [1.29, 1.82) is 0 Å². The van der Waals surface area contributed by atoms with Gasteiger partial charge in [-0.2, -0.15) is 5.10 Å². The molecule has 1 aromatic heterocycles. The summed E-state index contributed by atoms with van der Waals surface area (Å²) in [5, 5.41) is 8.10. The van der Waals surface area contributed by atoms with Crippen molar-refractivity contribution in [3.8, 4) is 0 Å². The Bertz CT molecular complexity index is 637. The highest BCUT2D eigenvalue weighted by molar-refractivity contribution is 5.67. The Hall–Kier alpha value is -2.34. The minimum absolute atomic E-state index is 0.195. The molecule has 0 radical (unpaired) electrons. The van der Waals surface area contributed by atoms with Gasteiger partial charge in [-0.15, -0.1) is 0 Å². The highest BCUT2D eigenvalue weighted by Gasteiger charge is 2.25. The van der Waals surface area contributed by atoms with Gasteiger partial charge in [-0.3, -0.25) is 4.68 Å². The number of likely N-dealkylation sites (tertiary alicyclic amines) is 1. The first kappa shape index (κ1) is 17.5. The number of nitrogens with zero attached hydrogens (tertiary/aromatic N) is 3. The Morgan fingerprint density at radius 3 is 2.68 bits per heavy atom. The molecule has 0 unspecified atom stereocenters. The van der Waals surface area contributed by atoms with Crippen LogP contribution in [0.25, 0.3) is 0 Å². The molecule has 1 amide bonds. The molecular weight excluding hydrogens is 316 g/mol. The van der Waals surface area contributed by atoms with Crippen molar-refractivity contribution >= 4 is 6.09 Å². The van der Waals surface area contributed by atoms with Crippen LogP contribution >= 0.6 is 0 Å². The quantitative estimate of drug-likeness (QED) is 0.877. The highest BCUT2D eigenvalue weighted by Crippen LogP contribution is 2.19. The molecule has 1 aliphatic heterocycles. The number of benzene rings is 1. The maximum atomic E-state index is 11.8. The first-order valence-corrected chi connectivity index (χ1v) is 8.96. The van der Waals surface area contributed by atoms with E-state index in [9.17, 15) is 4.79 Å². The second kappa shape index (κ2) is 8.67. The second-order valence-electron chi connectivity index (χ2n) is 6.32. The van der Waals surface area contributed by atoms with Crippen molar-refractivity contribution < 1.29 is 9.53 Å². The van der Waals surface area contributed by atoms with Gasteiger partial charge in [0, 0.05) is 31.5 Å². The molecule has 1 saturated heterocycles. The van der Waals surface area contributed by atoms with E-state index in [-0.39, 0.29) is 12.1 Å². The van der Waals surface area contributed by atoms with E-state index in [0.29, 0.717) is 12.6 Å². The van der Waals surface area contributed by atoms with Crippen LogP contribution in [0.3, 0.4) is 0 Å². The molecule has 25 heavy (non-hydrogen) atoms. The zero-order valence-corrected chi connectivity index (χ0v) is 14.7. The van der Waals surface area contributed by atoms with Gasteiger partial charge in [0.25, 0.3) is 0 Å². The Balaban J connectivity index is 1.60. The number of piperidine rings is 1. The summed E-state index contributed by atoms with van der Waals surface area (Å²) < 4.78 is 7.05. The van der Waals surface area contributed by atoms with Gasteiger partial charge in [-0.05, 0) is 31.4 Å². The van der Waals surface area contributed by atoms with Gasteiger partial charge in [-0.1, -0.05) is 30.3 Å². The van der Waals surface area contributed by atoms with E-state index >= 15 is 0 Å². The number of amides is 1. The Morgan fingerprint density at radius 2 is 2.04 bits per heavy atom. The van der Waals surface area contributed by atoms with Gasteiger partial charge in [0.05, 0.1) is 19.2 Å². The van der Waals surface area contributed by atoms with E-state index < -0.39 is 0 Å². The molecular formula is C19H26N4O2. The van der Waals surface area contributed by atoms with Crippen molar-refractivity contribution in [3.05, 3.63) is 54.4 Å². The number of carbonyl (C=O) groups excluding carboxylic acids is 1. The average Bonchev–Trinajstić information content (AvgIpc) is 3.16. The summed E-state index contributed by atoms with van der Waals surface area (Å²) in [4.78, 5) is 13.6. The van der Waals surface area contributed by atoms with E-state index in [2.05, 4.69) is 34.7 Å². The normalized spacial score (nSPS) is 16.6. The lowest BCUT2D eigenvalue weighted by atomic mass is 10.0. The Labute approximate surface area is 148 Å². The smallest absolute Gasteiger partial charge is 0.409 e. The molecule has 0 bridgehead atoms. The number of nitrogens with one attached hydrogen (secondary N) is 1. The lowest BCUT2D eigenvalue weighted by Gasteiger charge is -2.34. The van der Waals surface area contributed by atoms with Crippen LogP contribution in [-0.4, -0.2) is 46.5 Å². The van der Waals surface area contributed by atoms with Crippen molar-refractivity contribution in [1.82, 2.24) is 20.0 Å². The summed E-state index contributed by atoms with van der Waals surface area (Å²) in [7, 11) is 0. The van der Waals surface area contributed by atoms with Crippen LogP contribution in [0.15, 0.2) is 48.8 Å². The number of aromatic nitrogens is 2. The lowest BCUT2D eigenvalue weighted by Crippen LogP contribution is -2.46. The van der Waals surface area contributed by atoms with E-state index in [1.54, 1.807) is 11.1 Å². The van der Waals surface area contributed by atoms with Gasteiger partial charge >= 0.3 is 6.09 Å². The van der Waals surface area contributed by atoms with E-state index in [1.165, 1.54) is 5.56 Å². The van der Waals surface area contributed by atoms with Crippen LogP contribution in [0.1, 0.15) is 31.4 Å². The molecule has 1 aliphatic rings. The van der Waals surface area contributed by atoms with Gasteiger partial charge < -0.3 is 15.0 Å². The topological polar surface area (TPSA) is 59.4 Å². The maximum absolute atomic E-state index is 11.8. The third-order valence-corrected chi connectivity index (χ3v) is 4.59. The third kappa shape index (κ3) is 4.82. The summed E-state index contributed by atoms with van der Waals surface area (Å²) in [5.41, 5.74) is 1.26. The van der Waals surface area contributed by atoms with Crippen LogP contribution < -0.4 is 5.32 Å². The number of rotatable bonds is 6. The molecule has 1 atom stereocenters. The van der Waals surface area contributed by atoms with Crippen LogP contribution in [0, 0.1) is 0 Å². The molecule has 1 fully saturated rings. The Morgan fingerprint density at radius 1 is 1.28 bits per heavy atom. The van der Waals surface area contributed by atoms with Crippen LogP contribution in [-0.2, 0) is 11.3 Å². The molecule has 2 heterocycles. The van der Waals surface area contributed by atoms with Crippen LogP contribution in [0.2, 0.25) is 0 Å². The fourth-order valence-corrected chi connectivity index (χ4v) is 3.26. The zero-order chi connectivity index (χ0) is 17.5. The van der Waals surface area contributed by atoms with Gasteiger partial charge in [0.15, 0.2) is 0 Å². The summed E-state index contributed by atoms with van der Waals surface area (Å²) >= 11 is 0. The van der Waals surface area contributed by atoms with Gasteiger partial charge in [-0.25, -0.2) is 4.79 Å². The third-order valence-electron chi connectivity index (χ3n) is 4.59. The number of carbonyl (C=O) groups is 1. The minimum atomic E-state index is -0.197. The van der Waals surface area contributed by atoms with Crippen LogP contribution in [0.5, 0.6) is 0 Å². The molecule has 2 aromatic rings. The maximum Gasteiger partial charge on any atom is 0.409 e. The molecule has 0 spiro atoms. The predicted molar refractivity (Wildman–Crippen MR) is 96.2 cm³/mol. The Kier molecular flexibility index (Phi) is 6.06. The summed E-state index contributed by atoms with van der Waals surface area (Å²) in [6.45, 7) is 4.53. The van der Waals surface area contributed by atoms with Crippen molar-refractivity contribution in [2.45, 2.75) is 38.4 Å². The molecule has 0 saturated carbocycles. The first-order chi connectivity index (χ1) is 12.3. The fourth-order valence-electron chi connectivity index (χ4n) is 3.26. The van der Waals surface area contributed by atoms with Gasteiger partial charge in [0.2, 0.25) is 0 Å². The summed E-state index contributed by atoms with van der Waals surface area (Å²) in [5.74, 6) is 0. The number of ether oxygens (including phenoxy) is 1. The van der Waals surface area contributed by atoms with Gasteiger partial charge in [0.1, 0.15) is 0 Å². The zero-order valence-electron chi connectivity index (χ0n) is 14.7. The fraction of sp³-hybridized carbons (Fsp3) is 0.474. The lowest BCUT2D eigenvalue weighted by molar-refractivity contribution is 0.0939. The largest absolute Gasteiger partial charge is 0.450 e. The van der Waals surface area contributed by atoms with Crippen molar-refractivity contribution in [2.75, 3.05) is 19.7 Å².